The second-order valence-electron chi connectivity index (χ2n) is 7.22. The molecular weight excluding hydrogens is 296 g/mol. The van der Waals surface area contributed by atoms with Gasteiger partial charge in [0.25, 0.3) is 0 Å². The van der Waals surface area contributed by atoms with Crippen molar-refractivity contribution in [2.45, 2.75) is 57.3 Å². The number of hydrogen-bond acceptors (Lipinski definition) is 3. The summed E-state index contributed by atoms with van der Waals surface area (Å²) in [7, 11) is 0. The molecular formula is C20H28N4. The Morgan fingerprint density at radius 2 is 2.00 bits per heavy atom. The molecule has 1 aromatic heterocycles. The van der Waals surface area contributed by atoms with E-state index in [-0.39, 0.29) is 0 Å². The molecule has 0 unspecified atom stereocenters. The number of imidazole rings is 1. The Balaban J connectivity index is 1.22. The third kappa shape index (κ3) is 4.05. The minimum Gasteiger partial charge on any atom is -0.334 e. The van der Waals surface area contributed by atoms with E-state index in [0.717, 1.165) is 32.0 Å². The summed E-state index contributed by atoms with van der Waals surface area (Å²) in [5, 5.41) is 3.72. The third-order valence-electron chi connectivity index (χ3n) is 5.34. The number of aromatic nitrogens is 2. The molecule has 0 radical (unpaired) electrons. The molecule has 1 aliphatic carbocycles. The van der Waals surface area contributed by atoms with Gasteiger partial charge in [0.15, 0.2) is 0 Å². The Bertz CT molecular complexity index is 632. The van der Waals surface area contributed by atoms with Gasteiger partial charge in [-0.05, 0) is 37.7 Å². The monoisotopic (exact) mass is 324 g/mol. The van der Waals surface area contributed by atoms with Crippen molar-refractivity contribution in [2.75, 3.05) is 13.1 Å². The maximum atomic E-state index is 4.56. The van der Waals surface area contributed by atoms with Gasteiger partial charge in [0.1, 0.15) is 5.82 Å². The molecule has 2 aromatic rings. The first kappa shape index (κ1) is 15.9. The summed E-state index contributed by atoms with van der Waals surface area (Å²) in [6.07, 6.45) is 10.5. The van der Waals surface area contributed by atoms with Crippen LogP contribution in [0.5, 0.6) is 0 Å². The largest absolute Gasteiger partial charge is 0.334 e. The van der Waals surface area contributed by atoms with Crippen molar-refractivity contribution in [3.05, 3.63) is 54.1 Å². The van der Waals surface area contributed by atoms with Crippen LogP contribution in [0.2, 0.25) is 0 Å². The Labute approximate surface area is 144 Å². The average molecular weight is 324 g/mol. The summed E-state index contributed by atoms with van der Waals surface area (Å²) in [4.78, 5) is 7.21. The van der Waals surface area contributed by atoms with Crippen LogP contribution >= 0.6 is 0 Å². The molecule has 0 amide bonds. The van der Waals surface area contributed by atoms with Crippen LogP contribution in [0.25, 0.3) is 0 Å². The summed E-state index contributed by atoms with van der Waals surface area (Å²) in [5.41, 5.74) is 1.42. The zero-order chi connectivity index (χ0) is 16.2. The lowest BCUT2D eigenvalue weighted by Gasteiger charge is -2.16. The van der Waals surface area contributed by atoms with Gasteiger partial charge in [-0.3, -0.25) is 4.90 Å². The van der Waals surface area contributed by atoms with Crippen molar-refractivity contribution in [3.63, 3.8) is 0 Å². The van der Waals surface area contributed by atoms with Crippen LogP contribution in [-0.2, 0) is 19.5 Å². The van der Waals surface area contributed by atoms with E-state index in [9.17, 15) is 0 Å². The van der Waals surface area contributed by atoms with E-state index < -0.39 is 0 Å². The van der Waals surface area contributed by atoms with Crippen LogP contribution in [0.1, 0.15) is 37.1 Å². The molecule has 1 N–H and O–H groups in total. The highest BCUT2D eigenvalue weighted by Crippen LogP contribution is 2.29. The summed E-state index contributed by atoms with van der Waals surface area (Å²) in [6.45, 7) is 4.43. The lowest BCUT2D eigenvalue weighted by atomic mass is 10.1. The van der Waals surface area contributed by atoms with Crippen LogP contribution in [0.4, 0.5) is 0 Å². The standard InChI is InChI=1S/C20H28N4/c1-2-5-17(6-3-1)7-4-12-23-14-11-21-20(23)15-22-18-10-13-24(16-18)19-8-9-19/h1-3,5-6,11,14,18-19,22H,4,7-10,12-13,15-16H2/t18-/m1/s1. The van der Waals surface area contributed by atoms with Crippen molar-refractivity contribution in [1.82, 2.24) is 19.8 Å². The fourth-order valence-corrected chi connectivity index (χ4v) is 3.77. The second-order valence-corrected chi connectivity index (χ2v) is 7.22. The van der Waals surface area contributed by atoms with Crippen molar-refractivity contribution in [1.29, 1.82) is 0 Å². The van der Waals surface area contributed by atoms with Crippen LogP contribution in [0, 0.1) is 0 Å². The van der Waals surface area contributed by atoms with Gasteiger partial charge in [-0.1, -0.05) is 30.3 Å². The maximum Gasteiger partial charge on any atom is 0.122 e. The van der Waals surface area contributed by atoms with Crippen molar-refractivity contribution in [3.8, 4) is 0 Å². The summed E-state index contributed by atoms with van der Waals surface area (Å²) in [6, 6.07) is 12.3. The van der Waals surface area contributed by atoms with E-state index in [4.69, 9.17) is 0 Å². The average Bonchev–Trinajstić information content (AvgIpc) is 3.19. The fraction of sp³-hybridized carbons (Fsp3) is 0.550. The Morgan fingerprint density at radius 3 is 2.83 bits per heavy atom. The topological polar surface area (TPSA) is 33.1 Å². The van der Waals surface area contributed by atoms with E-state index in [1.54, 1.807) is 0 Å². The highest BCUT2D eigenvalue weighted by molar-refractivity contribution is 5.14. The number of nitrogens with one attached hydrogen (secondary N) is 1. The van der Waals surface area contributed by atoms with Crippen molar-refractivity contribution >= 4 is 0 Å². The quantitative estimate of drug-likeness (QED) is 0.810. The highest BCUT2D eigenvalue weighted by atomic mass is 15.2. The fourth-order valence-electron chi connectivity index (χ4n) is 3.77. The van der Waals surface area contributed by atoms with Gasteiger partial charge in [-0.25, -0.2) is 4.98 Å². The molecule has 1 aliphatic heterocycles. The van der Waals surface area contributed by atoms with Gasteiger partial charge in [-0.2, -0.15) is 0 Å². The van der Waals surface area contributed by atoms with E-state index >= 15 is 0 Å². The zero-order valence-electron chi connectivity index (χ0n) is 14.4. The lowest BCUT2D eigenvalue weighted by Crippen LogP contribution is -2.33. The minimum atomic E-state index is 0.639. The van der Waals surface area contributed by atoms with Crippen LogP contribution in [-0.4, -0.2) is 39.6 Å². The summed E-state index contributed by atoms with van der Waals surface area (Å²) >= 11 is 0. The molecule has 4 rings (SSSR count). The van der Waals surface area contributed by atoms with Gasteiger partial charge in [0, 0.05) is 44.1 Å². The van der Waals surface area contributed by atoms with Gasteiger partial charge in [0.05, 0.1) is 6.54 Å². The Hall–Kier alpha value is -1.65. The predicted molar refractivity (Wildman–Crippen MR) is 96.8 cm³/mol. The zero-order valence-corrected chi connectivity index (χ0v) is 14.4. The molecule has 0 spiro atoms. The van der Waals surface area contributed by atoms with E-state index in [2.05, 4.69) is 56.3 Å². The number of benzene rings is 1. The lowest BCUT2D eigenvalue weighted by molar-refractivity contribution is 0.316. The van der Waals surface area contributed by atoms with Crippen molar-refractivity contribution < 1.29 is 0 Å². The Morgan fingerprint density at radius 1 is 1.12 bits per heavy atom. The molecule has 1 saturated heterocycles. The summed E-state index contributed by atoms with van der Waals surface area (Å²) in [5.74, 6) is 1.17. The summed E-state index contributed by atoms with van der Waals surface area (Å²) < 4.78 is 2.31. The number of nitrogens with zero attached hydrogens (tertiary/aromatic N) is 3. The minimum absolute atomic E-state index is 0.639. The van der Waals surface area contributed by atoms with Crippen molar-refractivity contribution in [2.24, 2.45) is 0 Å². The molecule has 2 heterocycles. The highest BCUT2D eigenvalue weighted by Gasteiger charge is 2.34. The van der Waals surface area contributed by atoms with Gasteiger partial charge >= 0.3 is 0 Å². The SMILES string of the molecule is c1ccc(CCCn2ccnc2CN[C@@H]2CCN(C3CC3)C2)cc1. The van der Waals surface area contributed by atoms with Crippen LogP contribution in [0.3, 0.4) is 0 Å². The number of likely N-dealkylation sites (tertiary alicyclic amines) is 1. The molecule has 2 aliphatic rings. The first-order valence-corrected chi connectivity index (χ1v) is 9.40. The molecule has 2 fully saturated rings. The smallest absolute Gasteiger partial charge is 0.122 e. The Kier molecular flexibility index (Phi) is 4.95. The second kappa shape index (κ2) is 7.49. The van der Waals surface area contributed by atoms with Gasteiger partial charge in [0.2, 0.25) is 0 Å². The maximum absolute atomic E-state index is 4.56. The van der Waals surface area contributed by atoms with E-state index in [0.29, 0.717) is 6.04 Å². The molecule has 1 saturated carbocycles. The number of hydrogen-bond donors (Lipinski definition) is 1. The first-order chi connectivity index (χ1) is 11.9. The molecule has 1 aromatic carbocycles. The predicted octanol–water partition coefficient (Wildman–Crippen LogP) is 2.84. The van der Waals surface area contributed by atoms with Crippen LogP contribution in [0.15, 0.2) is 42.7 Å². The van der Waals surface area contributed by atoms with Crippen LogP contribution < -0.4 is 5.32 Å². The number of rotatable bonds is 8. The molecule has 4 heteroatoms. The van der Waals surface area contributed by atoms with Gasteiger partial charge < -0.3 is 9.88 Å². The van der Waals surface area contributed by atoms with E-state index in [1.165, 1.54) is 43.7 Å². The van der Waals surface area contributed by atoms with E-state index in [1.807, 2.05) is 6.20 Å². The molecule has 0 bridgehead atoms. The molecule has 24 heavy (non-hydrogen) atoms. The van der Waals surface area contributed by atoms with Gasteiger partial charge in [-0.15, -0.1) is 0 Å². The first-order valence-electron chi connectivity index (χ1n) is 9.40. The molecule has 1 atom stereocenters. The molecule has 4 nitrogen and oxygen atoms in total. The third-order valence-corrected chi connectivity index (χ3v) is 5.34. The normalized spacial score (nSPS) is 21.4. The number of aryl methyl sites for hydroxylation is 2. The molecule has 128 valence electrons.